The maximum atomic E-state index is 5.70. The van der Waals surface area contributed by atoms with Gasteiger partial charge in [0.05, 0.1) is 0 Å². The lowest BCUT2D eigenvalue weighted by Gasteiger charge is -2.35. The fraction of sp³-hybridized carbons (Fsp3) is 0.250. The van der Waals surface area contributed by atoms with Gasteiger partial charge in [-0.2, -0.15) is 0 Å². The Labute approximate surface area is 275 Å². The van der Waals surface area contributed by atoms with Crippen LogP contribution in [0.4, 0.5) is 0 Å². The van der Waals surface area contributed by atoms with Crippen molar-refractivity contribution < 1.29 is 35.4 Å². The second-order valence-corrected chi connectivity index (χ2v) is 23.4. The molecule has 240 valence electrons. The predicted molar refractivity (Wildman–Crippen MR) is 193 cm³/mol. The lowest BCUT2D eigenvalue weighted by molar-refractivity contribution is 0.291. The second-order valence-electron chi connectivity index (χ2n) is 10.5. The van der Waals surface area contributed by atoms with Gasteiger partial charge in [-0.25, -0.2) is 0 Å². The molecule has 4 aromatic carbocycles. The molecule has 0 spiro atoms. The van der Waals surface area contributed by atoms with Crippen LogP contribution in [0.25, 0.3) is 0 Å². The molecule has 0 aliphatic carbocycles. The highest BCUT2D eigenvalue weighted by Gasteiger charge is 2.42. The Balaban J connectivity index is 2.03. The van der Waals surface area contributed by atoms with Crippen molar-refractivity contribution in [1.29, 1.82) is 0 Å². The molecule has 4 rings (SSSR count). The van der Waals surface area contributed by atoms with Crippen LogP contribution in [0.5, 0.6) is 0 Å². The van der Waals surface area contributed by atoms with E-state index in [0.717, 1.165) is 20.7 Å². The van der Waals surface area contributed by atoms with Crippen molar-refractivity contribution in [2.45, 2.75) is 0 Å². The van der Waals surface area contributed by atoms with E-state index < -0.39 is 45.2 Å². The van der Waals surface area contributed by atoms with Crippen LogP contribution in [-0.4, -0.2) is 102 Å². The van der Waals surface area contributed by atoms with Gasteiger partial charge in [0.15, 0.2) is 8.07 Å². The summed E-state index contributed by atoms with van der Waals surface area (Å²) in [5.74, 6) is 0. The van der Waals surface area contributed by atoms with Gasteiger partial charge >= 0.3 is 37.1 Å². The van der Waals surface area contributed by atoms with E-state index in [9.17, 15) is 0 Å². The van der Waals surface area contributed by atoms with Crippen molar-refractivity contribution in [2.75, 3.05) is 56.9 Å². The van der Waals surface area contributed by atoms with Crippen LogP contribution in [0.2, 0.25) is 0 Å². The Morgan fingerprint density at radius 2 is 0.444 bits per heavy atom. The van der Waals surface area contributed by atoms with Gasteiger partial charge in [-0.15, -0.1) is 0 Å². The smallest absolute Gasteiger partial charge is 0.355 e. The van der Waals surface area contributed by atoms with E-state index in [1.807, 2.05) is 0 Å². The van der Waals surface area contributed by atoms with Crippen LogP contribution in [0.1, 0.15) is 0 Å². The number of rotatable bonds is 16. The molecule has 0 aromatic heterocycles. The minimum atomic E-state index is -2.88. The van der Waals surface area contributed by atoms with Crippen LogP contribution in [0.15, 0.2) is 97.1 Å². The van der Waals surface area contributed by atoms with Gasteiger partial charge in [0.25, 0.3) is 0 Å². The fourth-order valence-corrected chi connectivity index (χ4v) is 15.7. The maximum absolute atomic E-state index is 5.70. The summed E-state index contributed by atoms with van der Waals surface area (Å²) in [5.41, 5.74) is 0. The summed E-state index contributed by atoms with van der Waals surface area (Å²) in [5, 5.41) is 9.32. The minimum Gasteiger partial charge on any atom is -0.397 e. The molecule has 13 heteroatoms. The standard InChI is InChI=1S/C32H44O8Si5/c1-33-41(34-2)25-9-17-29(18-10-25)45(30-19-11-26(12-20-30)42(35-3)36-4,31-21-13-27(14-22-31)43(37-5)38-6)32-23-15-28(16-24-32)44(39-7)40-8/h9-24,41-44H,1-8H3. The third-order valence-electron chi connectivity index (χ3n) is 8.18. The zero-order chi connectivity index (χ0) is 32.4. The van der Waals surface area contributed by atoms with Crippen molar-refractivity contribution in [1.82, 2.24) is 0 Å². The molecule has 0 amide bonds. The van der Waals surface area contributed by atoms with Crippen LogP contribution < -0.4 is 41.5 Å². The molecular weight excluding hydrogens is 653 g/mol. The lowest BCUT2D eigenvalue weighted by Crippen LogP contribution is -2.75. The molecule has 0 saturated heterocycles. The van der Waals surface area contributed by atoms with E-state index in [2.05, 4.69) is 97.1 Å². The summed E-state index contributed by atoms with van der Waals surface area (Å²) in [6, 6.07) is 35.3. The normalized spacial score (nSPS) is 12.2. The van der Waals surface area contributed by atoms with Crippen molar-refractivity contribution in [3.63, 3.8) is 0 Å². The molecule has 0 unspecified atom stereocenters. The number of benzene rings is 4. The largest absolute Gasteiger partial charge is 0.397 e. The zero-order valence-electron chi connectivity index (χ0n) is 27.3. The molecule has 0 heterocycles. The van der Waals surface area contributed by atoms with E-state index in [0.29, 0.717) is 0 Å². The van der Waals surface area contributed by atoms with E-state index in [1.54, 1.807) is 56.9 Å². The molecule has 0 saturated carbocycles. The molecule has 0 radical (unpaired) electrons. The summed E-state index contributed by atoms with van der Waals surface area (Å²) in [6.07, 6.45) is 0. The van der Waals surface area contributed by atoms with Gasteiger partial charge < -0.3 is 35.4 Å². The van der Waals surface area contributed by atoms with E-state index in [-0.39, 0.29) is 0 Å². The Morgan fingerprint density at radius 1 is 0.289 bits per heavy atom. The average molecular weight is 697 g/mol. The Hall–Kier alpha value is -2.36. The SMILES string of the molecule is CO[SiH](OC)c1ccc([Si](c2ccc([SiH](OC)OC)cc2)(c2ccc([SiH](OC)OC)cc2)c2ccc([SiH](OC)OC)cc2)cc1. The minimum absolute atomic E-state index is 1.09. The monoisotopic (exact) mass is 696 g/mol. The Morgan fingerprint density at radius 3 is 0.578 bits per heavy atom. The maximum Gasteiger partial charge on any atom is 0.355 e. The first-order chi connectivity index (χ1) is 21.9. The van der Waals surface area contributed by atoms with Gasteiger partial charge in [0.2, 0.25) is 0 Å². The molecule has 0 aliphatic heterocycles. The van der Waals surface area contributed by atoms with Gasteiger partial charge in [0, 0.05) is 56.9 Å². The molecule has 4 aromatic rings. The third-order valence-corrected chi connectivity index (χ3v) is 20.1. The van der Waals surface area contributed by atoms with Gasteiger partial charge in [-0.1, -0.05) is 97.1 Å². The van der Waals surface area contributed by atoms with Crippen LogP contribution in [0.3, 0.4) is 0 Å². The fourth-order valence-electron chi connectivity index (χ4n) is 6.03. The lowest BCUT2D eigenvalue weighted by atomic mass is 10.3. The highest BCUT2D eigenvalue weighted by molar-refractivity contribution is 7.20. The van der Waals surface area contributed by atoms with E-state index in [4.69, 9.17) is 35.4 Å². The summed E-state index contributed by atoms with van der Waals surface area (Å²) in [4.78, 5) is 0. The van der Waals surface area contributed by atoms with E-state index in [1.165, 1.54) is 20.7 Å². The summed E-state index contributed by atoms with van der Waals surface area (Å²) < 4.78 is 45.6. The van der Waals surface area contributed by atoms with Crippen molar-refractivity contribution >= 4 is 86.7 Å². The van der Waals surface area contributed by atoms with Crippen molar-refractivity contribution in [2.24, 2.45) is 0 Å². The summed E-state index contributed by atoms with van der Waals surface area (Å²) >= 11 is 0. The molecule has 0 fully saturated rings. The zero-order valence-corrected chi connectivity index (χ0v) is 32.9. The van der Waals surface area contributed by atoms with Crippen molar-refractivity contribution in [3.05, 3.63) is 97.1 Å². The number of hydrogen-bond acceptors (Lipinski definition) is 8. The average Bonchev–Trinajstić information content (AvgIpc) is 3.10. The summed E-state index contributed by atoms with van der Waals surface area (Å²) in [6.45, 7) is 0. The Kier molecular flexibility index (Phi) is 13.4. The molecule has 0 bridgehead atoms. The molecule has 0 N–H and O–H groups in total. The third kappa shape index (κ3) is 7.46. The molecular formula is C32H44O8Si5. The summed E-state index contributed by atoms with van der Waals surface area (Å²) in [7, 11) is 2.89. The second kappa shape index (κ2) is 17.0. The van der Waals surface area contributed by atoms with Gasteiger partial charge in [-0.3, -0.25) is 0 Å². The van der Waals surface area contributed by atoms with Crippen LogP contribution >= 0.6 is 0 Å². The van der Waals surface area contributed by atoms with Crippen LogP contribution in [0, 0.1) is 0 Å². The highest BCUT2D eigenvalue weighted by Crippen LogP contribution is 2.10. The van der Waals surface area contributed by atoms with Gasteiger partial charge in [0.1, 0.15) is 0 Å². The molecule has 0 aliphatic rings. The highest BCUT2D eigenvalue weighted by atomic mass is 28.3. The van der Waals surface area contributed by atoms with Gasteiger partial charge in [-0.05, 0) is 41.5 Å². The first-order valence-electron chi connectivity index (χ1n) is 14.6. The quantitative estimate of drug-likeness (QED) is 0.0980. The number of hydrogen-bond donors (Lipinski definition) is 0. The molecule has 0 atom stereocenters. The molecule has 45 heavy (non-hydrogen) atoms. The first kappa shape index (κ1) is 35.5. The topological polar surface area (TPSA) is 73.8 Å². The van der Waals surface area contributed by atoms with Crippen molar-refractivity contribution in [3.8, 4) is 0 Å². The first-order valence-corrected chi connectivity index (χ1v) is 22.7. The Bertz CT molecular complexity index is 1210. The van der Waals surface area contributed by atoms with Crippen LogP contribution in [-0.2, 0) is 35.4 Å². The predicted octanol–water partition coefficient (Wildman–Crippen LogP) is -2.05. The molecule has 8 nitrogen and oxygen atoms in total. The van der Waals surface area contributed by atoms with E-state index >= 15 is 0 Å².